The maximum atomic E-state index is 7.75. The van der Waals surface area contributed by atoms with Crippen molar-refractivity contribution in [2.75, 3.05) is 26.4 Å². The summed E-state index contributed by atoms with van der Waals surface area (Å²) >= 11 is 0. The van der Waals surface area contributed by atoms with Crippen LogP contribution in [0.1, 0.15) is 0 Å². The van der Waals surface area contributed by atoms with Gasteiger partial charge in [0, 0.05) is 6.54 Å². The number of aliphatic hydroxyl groups is 1. The van der Waals surface area contributed by atoms with Crippen LogP contribution in [0.15, 0.2) is 25.3 Å². The lowest BCUT2D eigenvalue weighted by Crippen LogP contribution is -2.02. The Balaban J connectivity index is 0. The second-order valence-corrected chi connectivity index (χ2v) is 1.63. The predicted molar refractivity (Wildman–Crippen MR) is 47.4 cm³/mol. The van der Waals surface area contributed by atoms with Gasteiger partial charge in [0.15, 0.2) is 0 Å². The quantitative estimate of drug-likeness (QED) is 0.448. The molecule has 0 aromatic carbocycles. The molecular weight excluding hydrogens is 142 g/mol. The summed E-state index contributed by atoms with van der Waals surface area (Å²) in [6.07, 6.45) is 3.42. The van der Waals surface area contributed by atoms with E-state index in [1.807, 2.05) is 0 Å². The van der Waals surface area contributed by atoms with Gasteiger partial charge in [-0.1, -0.05) is 12.2 Å². The van der Waals surface area contributed by atoms with E-state index in [0.717, 1.165) is 0 Å². The summed E-state index contributed by atoms with van der Waals surface area (Å²) in [7, 11) is 0. The molecule has 0 saturated carbocycles. The van der Waals surface area contributed by atoms with Gasteiger partial charge in [0.1, 0.15) is 0 Å². The van der Waals surface area contributed by atoms with Crippen molar-refractivity contribution in [1.29, 1.82) is 0 Å². The minimum absolute atomic E-state index is 0.0972. The third-order valence-electron chi connectivity index (χ3n) is 0.601. The van der Waals surface area contributed by atoms with Gasteiger partial charge < -0.3 is 15.6 Å². The van der Waals surface area contributed by atoms with Crippen molar-refractivity contribution in [3.8, 4) is 0 Å². The van der Waals surface area contributed by atoms with Crippen molar-refractivity contribution in [3.63, 3.8) is 0 Å². The maximum Gasteiger partial charge on any atom is 0.0649 e. The Kier molecular flexibility index (Phi) is 19.1. The normalized spacial score (nSPS) is 7.82. The van der Waals surface area contributed by atoms with E-state index in [2.05, 4.69) is 13.2 Å². The third kappa shape index (κ3) is 26.7. The van der Waals surface area contributed by atoms with Crippen molar-refractivity contribution >= 4 is 0 Å². The van der Waals surface area contributed by atoms with Crippen LogP contribution in [0.5, 0.6) is 0 Å². The van der Waals surface area contributed by atoms with E-state index < -0.39 is 0 Å². The molecule has 0 aliphatic heterocycles. The first-order chi connectivity index (χ1) is 5.33. The Morgan fingerprint density at radius 1 is 1.27 bits per heavy atom. The summed E-state index contributed by atoms with van der Waals surface area (Å²) in [6.45, 7) is 8.65. The molecular formula is C8H17NO2. The lowest BCUT2D eigenvalue weighted by Gasteiger charge is -1.89. The molecule has 11 heavy (non-hydrogen) atoms. The van der Waals surface area contributed by atoms with E-state index >= 15 is 0 Å². The first-order valence-corrected chi connectivity index (χ1v) is 3.43. The van der Waals surface area contributed by atoms with Crippen molar-refractivity contribution < 1.29 is 9.84 Å². The number of hydrogen-bond acceptors (Lipinski definition) is 3. The monoisotopic (exact) mass is 159 g/mol. The summed E-state index contributed by atoms with van der Waals surface area (Å²) in [4.78, 5) is 0. The van der Waals surface area contributed by atoms with E-state index in [0.29, 0.717) is 19.8 Å². The lowest BCUT2D eigenvalue weighted by molar-refractivity contribution is 0.194. The Hall–Kier alpha value is -0.640. The molecule has 0 aliphatic rings. The zero-order valence-corrected chi connectivity index (χ0v) is 6.83. The highest BCUT2D eigenvalue weighted by atomic mass is 16.5. The molecule has 0 spiro atoms. The van der Waals surface area contributed by atoms with Crippen molar-refractivity contribution in [2.24, 2.45) is 5.73 Å². The van der Waals surface area contributed by atoms with E-state index in [4.69, 9.17) is 15.6 Å². The van der Waals surface area contributed by atoms with Crippen LogP contribution in [0.2, 0.25) is 0 Å². The first kappa shape index (κ1) is 13.0. The van der Waals surface area contributed by atoms with Gasteiger partial charge in [-0.2, -0.15) is 0 Å². The fourth-order valence-corrected chi connectivity index (χ4v) is 0.235. The molecule has 0 amide bonds. The first-order valence-electron chi connectivity index (χ1n) is 3.43. The Bertz CT molecular complexity index is 74.2. The van der Waals surface area contributed by atoms with E-state index in [1.54, 1.807) is 12.2 Å². The molecule has 0 rings (SSSR count). The number of rotatable bonds is 5. The number of nitrogens with two attached hydrogens (primary N) is 1. The van der Waals surface area contributed by atoms with Gasteiger partial charge >= 0.3 is 0 Å². The minimum Gasteiger partial charge on any atom is -0.395 e. The fraction of sp³-hybridized carbons (Fsp3) is 0.500. The number of aliphatic hydroxyl groups excluding tert-OH is 1. The van der Waals surface area contributed by atoms with Crippen molar-refractivity contribution in [3.05, 3.63) is 25.3 Å². The van der Waals surface area contributed by atoms with Crippen LogP contribution in [0.25, 0.3) is 0 Å². The maximum absolute atomic E-state index is 7.75. The number of hydrogen-bond donors (Lipinski definition) is 2. The highest BCUT2D eigenvalue weighted by Gasteiger charge is 1.70. The van der Waals surface area contributed by atoms with Gasteiger partial charge in [0.2, 0.25) is 0 Å². The predicted octanol–water partition coefficient (Wildman–Crippen LogP) is 0.312. The molecule has 0 aliphatic carbocycles. The Labute approximate surface area is 68.2 Å². The zero-order chi connectivity index (χ0) is 8.95. The van der Waals surface area contributed by atoms with Crippen LogP contribution in [0, 0.1) is 0 Å². The molecule has 0 aromatic rings. The van der Waals surface area contributed by atoms with Gasteiger partial charge in [0.05, 0.1) is 19.8 Å². The Morgan fingerprint density at radius 2 is 1.64 bits per heavy atom. The number of ether oxygens (including phenoxy) is 1. The standard InChI is InChI=1S/C6H10O.C2H7NO/c1-3-5-7-6-4-2;3-1-2-4/h3-4H,1-2,5-6H2;4H,1-3H2. The van der Waals surface area contributed by atoms with Gasteiger partial charge in [0.25, 0.3) is 0 Å². The molecule has 3 nitrogen and oxygen atoms in total. The van der Waals surface area contributed by atoms with Gasteiger partial charge in [-0.25, -0.2) is 0 Å². The largest absolute Gasteiger partial charge is 0.395 e. The second-order valence-electron chi connectivity index (χ2n) is 1.63. The summed E-state index contributed by atoms with van der Waals surface area (Å²) in [6, 6.07) is 0. The van der Waals surface area contributed by atoms with E-state index in [-0.39, 0.29) is 6.61 Å². The Morgan fingerprint density at radius 3 is 1.82 bits per heavy atom. The molecule has 0 unspecified atom stereocenters. The molecule has 0 heterocycles. The van der Waals surface area contributed by atoms with Gasteiger partial charge in [-0.05, 0) is 0 Å². The molecule has 3 heteroatoms. The lowest BCUT2D eigenvalue weighted by atomic mass is 10.6. The third-order valence-corrected chi connectivity index (χ3v) is 0.601. The summed E-state index contributed by atoms with van der Waals surface area (Å²) in [5, 5.41) is 7.75. The second kappa shape index (κ2) is 16.2. The van der Waals surface area contributed by atoms with E-state index in [1.165, 1.54) is 0 Å². The molecule has 3 N–H and O–H groups in total. The van der Waals surface area contributed by atoms with Crippen LogP contribution < -0.4 is 5.73 Å². The van der Waals surface area contributed by atoms with Crippen LogP contribution in [0.4, 0.5) is 0 Å². The van der Waals surface area contributed by atoms with Crippen molar-refractivity contribution in [1.82, 2.24) is 0 Å². The topological polar surface area (TPSA) is 55.5 Å². The zero-order valence-electron chi connectivity index (χ0n) is 6.83. The van der Waals surface area contributed by atoms with Crippen LogP contribution in [0.3, 0.4) is 0 Å². The highest BCUT2D eigenvalue weighted by molar-refractivity contribution is 4.68. The molecule has 0 radical (unpaired) electrons. The van der Waals surface area contributed by atoms with Gasteiger partial charge in [-0.3, -0.25) is 0 Å². The van der Waals surface area contributed by atoms with E-state index in [9.17, 15) is 0 Å². The van der Waals surface area contributed by atoms with Gasteiger partial charge in [-0.15, -0.1) is 13.2 Å². The SMILES string of the molecule is C=CCOCC=C.NCCO. The molecule has 0 atom stereocenters. The van der Waals surface area contributed by atoms with Crippen molar-refractivity contribution in [2.45, 2.75) is 0 Å². The summed E-state index contributed by atoms with van der Waals surface area (Å²) in [5.74, 6) is 0. The average Bonchev–Trinajstić information content (AvgIpc) is 2.06. The molecule has 0 saturated heterocycles. The minimum atomic E-state index is 0.0972. The van der Waals surface area contributed by atoms with Crippen LogP contribution in [-0.4, -0.2) is 31.5 Å². The van der Waals surface area contributed by atoms with Crippen LogP contribution >= 0.6 is 0 Å². The fourth-order valence-electron chi connectivity index (χ4n) is 0.235. The molecule has 0 aromatic heterocycles. The van der Waals surface area contributed by atoms with Crippen LogP contribution in [-0.2, 0) is 4.74 Å². The molecule has 66 valence electrons. The molecule has 0 bridgehead atoms. The average molecular weight is 159 g/mol. The smallest absolute Gasteiger partial charge is 0.0649 e. The molecule has 0 fully saturated rings. The summed E-state index contributed by atoms with van der Waals surface area (Å²) < 4.78 is 4.90. The highest BCUT2D eigenvalue weighted by Crippen LogP contribution is 1.72. The summed E-state index contributed by atoms with van der Waals surface area (Å²) in [5.41, 5.74) is 4.78.